The van der Waals surface area contributed by atoms with Gasteiger partial charge in [-0.25, -0.2) is 4.98 Å². The Bertz CT molecular complexity index is 1320. The summed E-state index contributed by atoms with van der Waals surface area (Å²) < 4.78 is 1.85. The monoisotopic (exact) mass is 446 g/mol. The molecule has 2 heterocycles. The van der Waals surface area contributed by atoms with E-state index in [1.807, 2.05) is 16.7 Å². The molecule has 0 atom stereocenters. The zero-order valence-corrected chi connectivity index (χ0v) is 19.6. The summed E-state index contributed by atoms with van der Waals surface area (Å²) in [6.45, 7) is 4.28. The van der Waals surface area contributed by atoms with Crippen molar-refractivity contribution in [2.24, 2.45) is 0 Å². The number of fused-ring (bicyclic) bond motifs is 5. The Balaban J connectivity index is 1.72. The largest absolute Gasteiger partial charge is 0.268 e. The molecule has 31 heavy (non-hydrogen) atoms. The molecule has 0 amide bonds. The Labute approximate surface area is 191 Å². The van der Waals surface area contributed by atoms with Gasteiger partial charge in [-0.2, -0.15) is 0 Å². The van der Waals surface area contributed by atoms with Crippen LogP contribution in [0, 0.1) is 6.92 Å². The SMILES string of the molecule is CCCCCSc1nc2sc3c(c2c(=O)n1-c1cccc(C)c1)CCc1ccccc1-3. The van der Waals surface area contributed by atoms with Crippen LogP contribution in [0.1, 0.15) is 42.9 Å². The molecule has 5 rings (SSSR count). The van der Waals surface area contributed by atoms with E-state index in [9.17, 15) is 4.79 Å². The zero-order chi connectivity index (χ0) is 21.4. The highest BCUT2D eigenvalue weighted by molar-refractivity contribution is 7.99. The summed E-state index contributed by atoms with van der Waals surface area (Å²) in [4.78, 5) is 21.1. The second-order valence-electron chi connectivity index (χ2n) is 8.18. The Morgan fingerprint density at radius 1 is 1.10 bits per heavy atom. The average molecular weight is 447 g/mol. The lowest BCUT2D eigenvalue weighted by atomic mass is 9.90. The Morgan fingerprint density at radius 3 is 2.81 bits per heavy atom. The normalized spacial score (nSPS) is 12.7. The van der Waals surface area contributed by atoms with Crippen molar-refractivity contribution in [2.45, 2.75) is 51.1 Å². The molecule has 2 aromatic heterocycles. The number of thioether (sulfide) groups is 1. The summed E-state index contributed by atoms with van der Waals surface area (Å²) >= 11 is 3.39. The Hall–Kier alpha value is -2.37. The number of nitrogens with zero attached hydrogens (tertiary/aromatic N) is 2. The standard InChI is InChI=1S/C26H26N2OS2/c1-3-4-7-15-30-26-27-24-22(25(29)28(26)19-11-8-9-17(2)16-19)21-14-13-18-10-5-6-12-20(18)23(21)31-24/h5-6,8-12,16H,3-4,7,13-15H2,1-2H3. The predicted molar refractivity (Wildman–Crippen MR) is 133 cm³/mol. The van der Waals surface area contributed by atoms with Crippen LogP contribution in [-0.4, -0.2) is 15.3 Å². The molecule has 0 spiro atoms. The van der Waals surface area contributed by atoms with Crippen molar-refractivity contribution in [3.8, 4) is 16.1 Å². The first-order chi connectivity index (χ1) is 15.2. The van der Waals surface area contributed by atoms with E-state index in [4.69, 9.17) is 4.98 Å². The number of aromatic nitrogens is 2. The number of aryl methyl sites for hydroxylation is 3. The second-order valence-corrected chi connectivity index (χ2v) is 10.2. The third kappa shape index (κ3) is 3.74. The minimum atomic E-state index is 0.0745. The number of hydrogen-bond acceptors (Lipinski definition) is 4. The first kappa shape index (κ1) is 20.5. The highest BCUT2D eigenvalue weighted by Crippen LogP contribution is 2.42. The zero-order valence-electron chi connectivity index (χ0n) is 18.0. The first-order valence-corrected chi connectivity index (χ1v) is 12.8. The van der Waals surface area contributed by atoms with Crippen molar-refractivity contribution < 1.29 is 0 Å². The van der Waals surface area contributed by atoms with Gasteiger partial charge in [-0.3, -0.25) is 9.36 Å². The van der Waals surface area contributed by atoms with Gasteiger partial charge in [0.2, 0.25) is 0 Å². The van der Waals surface area contributed by atoms with E-state index < -0.39 is 0 Å². The second kappa shape index (κ2) is 8.64. The fourth-order valence-corrected chi connectivity index (χ4v) is 6.71. The number of rotatable bonds is 6. The highest BCUT2D eigenvalue weighted by Gasteiger charge is 2.25. The Morgan fingerprint density at radius 2 is 1.97 bits per heavy atom. The lowest BCUT2D eigenvalue weighted by Gasteiger charge is -2.16. The number of hydrogen-bond donors (Lipinski definition) is 0. The molecule has 4 aromatic rings. The van der Waals surface area contributed by atoms with Gasteiger partial charge < -0.3 is 0 Å². The van der Waals surface area contributed by atoms with E-state index in [0.29, 0.717) is 0 Å². The maximum atomic E-state index is 13.9. The maximum absolute atomic E-state index is 13.9. The van der Waals surface area contributed by atoms with Gasteiger partial charge in [0.1, 0.15) is 4.83 Å². The van der Waals surface area contributed by atoms with Crippen LogP contribution in [-0.2, 0) is 12.8 Å². The predicted octanol–water partition coefficient (Wildman–Crippen LogP) is 6.80. The van der Waals surface area contributed by atoms with Gasteiger partial charge in [0, 0.05) is 10.6 Å². The van der Waals surface area contributed by atoms with E-state index in [-0.39, 0.29) is 5.56 Å². The molecular formula is C26H26N2OS2. The van der Waals surface area contributed by atoms with Crippen molar-refractivity contribution >= 4 is 33.3 Å². The van der Waals surface area contributed by atoms with Crippen LogP contribution < -0.4 is 5.56 Å². The van der Waals surface area contributed by atoms with Gasteiger partial charge in [0.15, 0.2) is 5.16 Å². The van der Waals surface area contributed by atoms with Crippen LogP contribution in [0.5, 0.6) is 0 Å². The van der Waals surface area contributed by atoms with E-state index in [0.717, 1.165) is 51.6 Å². The van der Waals surface area contributed by atoms with Crippen LogP contribution in [0.25, 0.3) is 26.3 Å². The fourth-order valence-electron chi connectivity index (χ4n) is 4.37. The van der Waals surface area contributed by atoms with Crippen molar-refractivity contribution in [1.29, 1.82) is 0 Å². The third-order valence-corrected chi connectivity index (χ3v) is 8.12. The van der Waals surface area contributed by atoms with E-state index >= 15 is 0 Å². The van der Waals surface area contributed by atoms with E-state index in [1.54, 1.807) is 23.1 Å². The first-order valence-electron chi connectivity index (χ1n) is 11.0. The lowest BCUT2D eigenvalue weighted by molar-refractivity contribution is 0.772. The van der Waals surface area contributed by atoms with Crippen LogP contribution >= 0.6 is 23.1 Å². The van der Waals surface area contributed by atoms with E-state index in [1.165, 1.54) is 34.4 Å². The summed E-state index contributed by atoms with van der Waals surface area (Å²) in [6.07, 6.45) is 5.41. The van der Waals surface area contributed by atoms with Crippen molar-refractivity contribution in [3.63, 3.8) is 0 Å². The summed E-state index contributed by atoms with van der Waals surface area (Å²) in [7, 11) is 0. The van der Waals surface area contributed by atoms with Gasteiger partial charge in [-0.05, 0) is 60.6 Å². The molecule has 2 aromatic carbocycles. The minimum Gasteiger partial charge on any atom is -0.268 e. The molecule has 0 aliphatic heterocycles. The summed E-state index contributed by atoms with van der Waals surface area (Å²) in [6, 6.07) is 16.8. The van der Waals surface area contributed by atoms with Gasteiger partial charge in [-0.1, -0.05) is 67.9 Å². The molecule has 0 saturated heterocycles. The lowest BCUT2D eigenvalue weighted by Crippen LogP contribution is -2.22. The van der Waals surface area contributed by atoms with Crippen LogP contribution in [0.2, 0.25) is 0 Å². The van der Waals surface area contributed by atoms with Gasteiger partial charge in [-0.15, -0.1) is 11.3 Å². The molecule has 0 fully saturated rings. The number of thiophene rings is 1. The molecule has 0 unspecified atom stereocenters. The quantitative estimate of drug-likeness (QED) is 0.185. The number of benzene rings is 2. The van der Waals surface area contributed by atoms with Gasteiger partial charge in [0.05, 0.1) is 11.1 Å². The smallest absolute Gasteiger partial charge is 0.267 e. The molecular weight excluding hydrogens is 420 g/mol. The molecule has 1 aliphatic carbocycles. The van der Waals surface area contributed by atoms with Crippen molar-refractivity contribution in [1.82, 2.24) is 9.55 Å². The third-order valence-electron chi connectivity index (χ3n) is 5.94. The molecule has 1 aliphatic rings. The summed E-state index contributed by atoms with van der Waals surface area (Å²) in [5, 5.41) is 1.63. The molecule has 3 nitrogen and oxygen atoms in total. The van der Waals surface area contributed by atoms with E-state index in [2.05, 4.69) is 50.2 Å². The van der Waals surface area contributed by atoms with Crippen LogP contribution in [0.4, 0.5) is 0 Å². The Kier molecular flexibility index (Phi) is 5.72. The van der Waals surface area contributed by atoms with Crippen molar-refractivity contribution in [2.75, 3.05) is 5.75 Å². The molecule has 158 valence electrons. The molecule has 0 bridgehead atoms. The average Bonchev–Trinajstić information content (AvgIpc) is 3.16. The van der Waals surface area contributed by atoms with Crippen molar-refractivity contribution in [3.05, 3.63) is 75.6 Å². The summed E-state index contributed by atoms with van der Waals surface area (Å²) in [5.41, 5.74) is 5.95. The fraction of sp³-hybridized carbons (Fsp3) is 0.308. The van der Waals surface area contributed by atoms with Crippen LogP contribution in [0.3, 0.4) is 0 Å². The maximum Gasteiger partial charge on any atom is 0.267 e. The van der Waals surface area contributed by atoms with Crippen LogP contribution in [0.15, 0.2) is 58.5 Å². The number of unbranched alkanes of at least 4 members (excludes halogenated alkanes) is 2. The topological polar surface area (TPSA) is 34.9 Å². The van der Waals surface area contributed by atoms with Gasteiger partial charge in [0.25, 0.3) is 5.56 Å². The molecule has 5 heteroatoms. The van der Waals surface area contributed by atoms with Gasteiger partial charge >= 0.3 is 0 Å². The molecule has 0 radical (unpaired) electrons. The molecule has 0 saturated carbocycles. The highest BCUT2D eigenvalue weighted by atomic mass is 32.2. The molecule has 0 N–H and O–H groups in total. The summed E-state index contributed by atoms with van der Waals surface area (Å²) in [5.74, 6) is 0.978. The minimum absolute atomic E-state index is 0.0745.